The monoisotopic (exact) mass is 344 g/mol. The van der Waals surface area contributed by atoms with Crippen molar-refractivity contribution in [2.24, 2.45) is 11.8 Å². The van der Waals surface area contributed by atoms with E-state index in [1.807, 2.05) is 6.07 Å². The second-order valence-corrected chi connectivity index (χ2v) is 6.80. The Bertz CT molecular complexity index is 701. The summed E-state index contributed by atoms with van der Waals surface area (Å²) >= 11 is 0. The zero-order valence-electron chi connectivity index (χ0n) is 14.7. The maximum absolute atomic E-state index is 12.6. The standard InChI is InChI=1S/C19H24N2O4/c1-12-11-15(12)18(23)20-9-8-17(22)21-10-4-6-13-14(19(24)25-2)5-3-7-16(13)21/h3,5,7,12,15H,4,6,8-11H2,1-2H3,(H,20,23). The van der Waals surface area contributed by atoms with E-state index >= 15 is 0 Å². The molecule has 1 aromatic carbocycles. The summed E-state index contributed by atoms with van der Waals surface area (Å²) < 4.78 is 4.84. The number of carbonyl (C=O) groups excluding carboxylic acids is 3. The van der Waals surface area contributed by atoms with E-state index in [2.05, 4.69) is 12.2 Å². The molecule has 1 aliphatic carbocycles. The van der Waals surface area contributed by atoms with E-state index < -0.39 is 0 Å². The maximum Gasteiger partial charge on any atom is 0.338 e. The number of amides is 2. The van der Waals surface area contributed by atoms with Crippen molar-refractivity contribution < 1.29 is 19.1 Å². The molecule has 0 saturated heterocycles. The molecule has 0 radical (unpaired) electrons. The lowest BCUT2D eigenvalue weighted by Crippen LogP contribution is -2.38. The van der Waals surface area contributed by atoms with Gasteiger partial charge in [-0.1, -0.05) is 13.0 Å². The van der Waals surface area contributed by atoms with Crippen LogP contribution in [0.25, 0.3) is 0 Å². The first-order chi connectivity index (χ1) is 12.0. The van der Waals surface area contributed by atoms with Crippen LogP contribution in [0.2, 0.25) is 0 Å². The predicted molar refractivity (Wildman–Crippen MR) is 93.4 cm³/mol. The Morgan fingerprint density at radius 3 is 2.76 bits per heavy atom. The van der Waals surface area contributed by atoms with Crippen molar-refractivity contribution in [2.45, 2.75) is 32.6 Å². The summed E-state index contributed by atoms with van der Waals surface area (Å²) in [6, 6.07) is 5.37. The summed E-state index contributed by atoms with van der Waals surface area (Å²) in [4.78, 5) is 38.1. The van der Waals surface area contributed by atoms with Crippen LogP contribution in [0.1, 0.15) is 42.1 Å². The third-order valence-corrected chi connectivity index (χ3v) is 5.04. The average Bonchev–Trinajstić information content (AvgIpc) is 3.36. The van der Waals surface area contributed by atoms with E-state index in [9.17, 15) is 14.4 Å². The van der Waals surface area contributed by atoms with Crippen LogP contribution in [0.3, 0.4) is 0 Å². The van der Waals surface area contributed by atoms with Crippen LogP contribution >= 0.6 is 0 Å². The second kappa shape index (κ2) is 7.25. The molecule has 0 spiro atoms. The van der Waals surface area contributed by atoms with Gasteiger partial charge in [0.2, 0.25) is 11.8 Å². The van der Waals surface area contributed by atoms with E-state index in [0.29, 0.717) is 24.6 Å². The molecule has 1 saturated carbocycles. The van der Waals surface area contributed by atoms with Crippen LogP contribution in [-0.4, -0.2) is 38.0 Å². The summed E-state index contributed by atoms with van der Waals surface area (Å²) in [5.41, 5.74) is 2.17. The van der Waals surface area contributed by atoms with Crippen molar-refractivity contribution >= 4 is 23.5 Å². The third kappa shape index (κ3) is 3.67. The number of rotatable bonds is 5. The lowest BCUT2D eigenvalue weighted by atomic mass is 9.96. The Balaban J connectivity index is 1.65. The first-order valence-electron chi connectivity index (χ1n) is 8.81. The molecule has 0 bridgehead atoms. The van der Waals surface area contributed by atoms with Gasteiger partial charge in [-0.05, 0) is 42.9 Å². The van der Waals surface area contributed by atoms with Crippen molar-refractivity contribution in [3.63, 3.8) is 0 Å². The van der Waals surface area contributed by atoms with E-state index in [4.69, 9.17) is 4.74 Å². The van der Waals surface area contributed by atoms with E-state index in [0.717, 1.165) is 30.5 Å². The van der Waals surface area contributed by atoms with Crippen LogP contribution in [0.4, 0.5) is 5.69 Å². The smallest absolute Gasteiger partial charge is 0.338 e. The molecule has 2 atom stereocenters. The van der Waals surface area contributed by atoms with Gasteiger partial charge in [0.1, 0.15) is 0 Å². The number of nitrogens with one attached hydrogen (secondary N) is 1. The van der Waals surface area contributed by atoms with Gasteiger partial charge in [0.25, 0.3) is 0 Å². The fraction of sp³-hybridized carbons (Fsp3) is 0.526. The second-order valence-electron chi connectivity index (χ2n) is 6.80. The molecule has 3 rings (SSSR count). The Hall–Kier alpha value is -2.37. The SMILES string of the molecule is COC(=O)c1cccc2c1CCCN2C(=O)CCNC(=O)C1CC1C. The number of hydrogen-bond acceptors (Lipinski definition) is 4. The quantitative estimate of drug-likeness (QED) is 0.828. The zero-order chi connectivity index (χ0) is 18.0. The lowest BCUT2D eigenvalue weighted by molar-refractivity contribution is -0.122. The molecule has 6 heteroatoms. The van der Waals surface area contributed by atoms with Crippen molar-refractivity contribution in [1.29, 1.82) is 0 Å². The van der Waals surface area contributed by atoms with Crippen LogP contribution in [0.15, 0.2) is 18.2 Å². The van der Waals surface area contributed by atoms with Gasteiger partial charge in [-0.15, -0.1) is 0 Å². The number of ether oxygens (including phenoxy) is 1. The van der Waals surface area contributed by atoms with Gasteiger partial charge in [-0.2, -0.15) is 0 Å². The molecule has 2 unspecified atom stereocenters. The minimum Gasteiger partial charge on any atom is -0.465 e. The fourth-order valence-corrected chi connectivity index (χ4v) is 3.43. The highest BCUT2D eigenvalue weighted by Crippen LogP contribution is 2.37. The minimum atomic E-state index is -0.378. The molecule has 1 aromatic rings. The topological polar surface area (TPSA) is 75.7 Å². The first kappa shape index (κ1) is 17.5. The molecule has 2 aliphatic rings. The summed E-state index contributed by atoms with van der Waals surface area (Å²) in [6.45, 7) is 3.03. The Morgan fingerprint density at radius 1 is 1.32 bits per heavy atom. The number of benzene rings is 1. The third-order valence-electron chi connectivity index (χ3n) is 5.04. The van der Waals surface area contributed by atoms with Gasteiger partial charge >= 0.3 is 5.97 Å². The normalized spacial score (nSPS) is 21.3. The highest BCUT2D eigenvalue weighted by atomic mass is 16.5. The molecular formula is C19H24N2O4. The fourth-order valence-electron chi connectivity index (χ4n) is 3.43. The van der Waals surface area contributed by atoms with Gasteiger partial charge < -0.3 is 15.0 Å². The Morgan fingerprint density at radius 2 is 2.08 bits per heavy atom. The van der Waals surface area contributed by atoms with Crippen LogP contribution in [-0.2, 0) is 20.7 Å². The summed E-state index contributed by atoms with van der Waals surface area (Å²) in [5, 5.41) is 2.85. The number of esters is 1. The molecule has 134 valence electrons. The van der Waals surface area contributed by atoms with E-state index in [1.54, 1.807) is 17.0 Å². The average molecular weight is 344 g/mol. The summed E-state index contributed by atoms with van der Waals surface area (Å²) in [5.74, 6) is 0.214. The van der Waals surface area contributed by atoms with Gasteiger partial charge in [0.15, 0.2) is 0 Å². The van der Waals surface area contributed by atoms with Crippen LogP contribution < -0.4 is 10.2 Å². The Labute approximate surface area is 147 Å². The van der Waals surface area contributed by atoms with E-state index in [1.165, 1.54) is 7.11 Å². The van der Waals surface area contributed by atoms with Gasteiger partial charge in [-0.3, -0.25) is 9.59 Å². The molecular weight excluding hydrogens is 320 g/mol. The van der Waals surface area contributed by atoms with E-state index in [-0.39, 0.29) is 30.1 Å². The number of anilines is 1. The van der Waals surface area contributed by atoms with Crippen molar-refractivity contribution in [3.8, 4) is 0 Å². The Kier molecular flexibility index (Phi) is 5.06. The first-order valence-corrected chi connectivity index (χ1v) is 8.81. The molecule has 25 heavy (non-hydrogen) atoms. The van der Waals surface area contributed by atoms with Crippen molar-refractivity contribution in [2.75, 3.05) is 25.1 Å². The summed E-state index contributed by atoms with van der Waals surface area (Å²) in [6.07, 6.45) is 2.75. The zero-order valence-corrected chi connectivity index (χ0v) is 14.7. The number of hydrogen-bond donors (Lipinski definition) is 1. The summed E-state index contributed by atoms with van der Waals surface area (Å²) in [7, 11) is 1.36. The number of nitrogens with zero attached hydrogens (tertiary/aromatic N) is 1. The van der Waals surface area contributed by atoms with Gasteiger partial charge in [-0.25, -0.2) is 4.79 Å². The largest absolute Gasteiger partial charge is 0.465 e. The molecule has 1 N–H and O–H groups in total. The lowest BCUT2D eigenvalue weighted by Gasteiger charge is -2.30. The van der Waals surface area contributed by atoms with Crippen molar-refractivity contribution in [3.05, 3.63) is 29.3 Å². The molecule has 2 amide bonds. The molecule has 1 fully saturated rings. The number of carbonyl (C=O) groups is 3. The van der Waals surface area contributed by atoms with Gasteiger partial charge in [0.05, 0.1) is 12.7 Å². The van der Waals surface area contributed by atoms with Crippen LogP contribution in [0.5, 0.6) is 0 Å². The van der Waals surface area contributed by atoms with Gasteiger partial charge in [0, 0.05) is 31.1 Å². The predicted octanol–water partition coefficient (Wildman–Crippen LogP) is 1.91. The van der Waals surface area contributed by atoms with Crippen LogP contribution in [0, 0.1) is 11.8 Å². The number of methoxy groups -OCH3 is 1. The molecule has 6 nitrogen and oxygen atoms in total. The molecule has 0 aromatic heterocycles. The highest BCUT2D eigenvalue weighted by Gasteiger charge is 2.38. The van der Waals surface area contributed by atoms with Crippen molar-refractivity contribution in [1.82, 2.24) is 5.32 Å². The highest BCUT2D eigenvalue weighted by molar-refractivity contribution is 5.99. The minimum absolute atomic E-state index is 0.0351. The molecule has 1 heterocycles. The number of fused-ring (bicyclic) bond motifs is 1. The molecule has 1 aliphatic heterocycles. The maximum atomic E-state index is 12.6.